The van der Waals surface area contributed by atoms with E-state index in [9.17, 15) is 4.79 Å². The molecule has 2 rings (SSSR count). The van der Waals surface area contributed by atoms with E-state index in [4.69, 9.17) is 5.73 Å². The summed E-state index contributed by atoms with van der Waals surface area (Å²) in [5, 5.41) is 3.25. The number of nitrogens with one attached hydrogen (secondary N) is 1. The molecule has 3 N–H and O–H groups in total. The van der Waals surface area contributed by atoms with Crippen molar-refractivity contribution in [2.45, 2.75) is 18.4 Å². The SMILES string of the molecule is CN1CCC(N)(C(=O)N2CCNCC2)CC1. The maximum Gasteiger partial charge on any atom is 0.242 e. The number of piperazine rings is 1. The first-order valence-electron chi connectivity index (χ1n) is 6.09. The summed E-state index contributed by atoms with van der Waals surface area (Å²) < 4.78 is 0. The van der Waals surface area contributed by atoms with E-state index in [0.717, 1.165) is 52.1 Å². The Labute approximate surface area is 96.9 Å². The van der Waals surface area contributed by atoms with Gasteiger partial charge in [0.15, 0.2) is 0 Å². The third kappa shape index (κ3) is 2.36. The van der Waals surface area contributed by atoms with E-state index in [1.165, 1.54) is 0 Å². The van der Waals surface area contributed by atoms with E-state index < -0.39 is 5.54 Å². The van der Waals surface area contributed by atoms with E-state index in [2.05, 4.69) is 17.3 Å². The van der Waals surface area contributed by atoms with E-state index >= 15 is 0 Å². The van der Waals surface area contributed by atoms with Crippen molar-refractivity contribution in [3.8, 4) is 0 Å². The van der Waals surface area contributed by atoms with Crippen LogP contribution in [-0.4, -0.2) is 67.6 Å². The van der Waals surface area contributed by atoms with Gasteiger partial charge in [0.05, 0.1) is 5.54 Å². The summed E-state index contributed by atoms with van der Waals surface area (Å²) in [4.78, 5) is 16.5. The zero-order valence-electron chi connectivity index (χ0n) is 10.0. The van der Waals surface area contributed by atoms with Crippen LogP contribution in [0.5, 0.6) is 0 Å². The van der Waals surface area contributed by atoms with Gasteiger partial charge in [-0.05, 0) is 19.9 Å². The Balaban J connectivity index is 1.96. The third-order valence-electron chi connectivity index (χ3n) is 3.71. The second-order valence-corrected chi connectivity index (χ2v) is 5.00. The lowest BCUT2D eigenvalue weighted by atomic mass is 9.87. The van der Waals surface area contributed by atoms with Crippen LogP contribution in [0.15, 0.2) is 0 Å². The summed E-state index contributed by atoms with van der Waals surface area (Å²) in [7, 11) is 2.08. The van der Waals surface area contributed by atoms with Crippen molar-refractivity contribution in [1.29, 1.82) is 0 Å². The summed E-state index contributed by atoms with van der Waals surface area (Å²) in [6.07, 6.45) is 1.57. The minimum atomic E-state index is -0.607. The minimum Gasteiger partial charge on any atom is -0.339 e. The Kier molecular flexibility index (Phi) is 3.47. The van der Waals surface area contributed by atoms with Gasteiger partial charge in [-0.15, -0.1) is 0 Å². The molecule has 0 aromatic rings. The highest BCUT2D eigenvalue weighted by Crippen LogP contribution is 2.21. The van der Waals surface area contributed by atoms with Crippen LogP contribution >= 0.6 is 0 Å². The van der Waals surface area contributed by atoms with E-state index in [0.29, 0.717) is 0 Å². The fourth-order valence-corrected chi connectivity index (χ4v) is 2.41. The highest BCUT2D eigenvalue weighted by molar-refractivity contribution is 5.86. The molecule has 0 atom stereocenters. The van der Waals surface area contributed by atoms with Gasteiger partial charge in [-0.25, -0.2) is 0 Å². The van der Waals surface area contributed by atoms with Crippen LogP contribution in [0.25, 0.3) is 0 Å². The molecule has 0 radical (unpaired) electrons. The minimum absolute atomic E-state index is 0.155. The predicted molar refractivity (Wildman–Crippen MR) is 63.1 cm³/mol. The zero-order valence-corrected chi connectivity index (χ0v) is 10.0. The number of hydrogen-bond donors (Lipinski definition) is 2. The van der Waals surface area contributed by atoms with Gasteiger partial charge in [-0.2, -0.15) is 0 Å². The van der Waals surface area contributed by atoms with Gasteiger partial charge in [-0.3, -0.25) is 4.79 Å². The topological polar surface area (TPSA) is 61.6 Å². The first kappa shape index (κ1) is 11.8. The average molecular weight is 226 g/mol. The monoisotopic (exact) mass is 226 g/mol. The summed E-state index contributed by atoms with van der Waals surface area (Å²) in [6.45, 7) is 5.23. The van der Waals surface area contributed by atoms with Crippen LogP contribution in [0, 0.1) is 0 Å². The molecular formula is C11H22N4O. The Morgan fingerprint density at radius 3 is 2.31 bits per heavy atom. The molecule has 0 aromatic carbocycles. The zero-order chi connectivity index (χ0) is 11.6. The van der Waals surface area contributed by atoms with Crippen molar-refractivity contribution in [2.24, 2.45) is 5.73 Å². The third-order valence-corrected chi connectivity index (χ3v) is 3.71. The summed E-state index contributed by atoms with van der Waals surface area (Å²) in [6, 6.07) is 0. The summed E-state index contributed by atoms with van der Waals surface area (Å²) in [5.74, 6) is 0.155. The van der Waals surface area contributed by atoms with E-state index in [1.807, 2.05) is 4.90 Å². The quantitative estimate of drug-likeness (QED) is 0.592. The number of amides is 1. The van der Waals surface area contributed by atoms with Gasteiger partial charge in [0, 0.05) is 39.3 Å². The fraction of sp³-hybridized carbons (Fsp3) is 0.909. The van der Waals surface area contributed by atoms with Gasteiger partial charge in [0.1, 0.15) is 0 Å². The maximum absolute atomic E-state index is 12.3. The highest BCUT2D eigenvalue weighted by Gasteiger charge is 2.39. The van der Waals surface area contributed by atoms with Crippen molar-refractivity contribution in [3.05, 3.63) is 0 Å². The lowest BCUT2D eigenvalue weighted by Crippen LogP contribution is -2.62. The van der Waals surface area contributed by atoms with Crippen molar-refractivity contribution >= 4 is 5.91 Å². The lowest BCUT2D eigenvalue weighted by Gasteiger charge is -2.40. The fourth-order valence-electron chi connectivity index (χ4n) is 2.41. The molecule has 1 amide bonds. The van der Waals surface area contributed by atoms with Gasteiger partial charge in [-0.1, -0.05) is 0 Å². The van der Waals surface area contributed by atoms with Gasteiger partial charge in [0.2, 0.25) is 5.91 Å². The molecule has 0 spiro atoms. The summed E-state index contributed by atoms with van der Waals surface area (Å²) in [5.41, 5.74) is 5.65. The maximum atomic E-state index is 12.3. The predicted octanol–water partition coefficient (Wildman–Crippen LogP) is -1.16. The number of piperidine rings is 1. The Hall–Kier alpha value is -0.650. The van der Waals surface area contributed by atoms with Crippen molar-refractivity contribution in [3.63, 3.8) is 0 Å². The largest absolute Gasteiger partial charge is 0.339 e. The summed E-state index contributed by atoms with van der Waals surface area (Å²) >= 11 is 0. The lowest BCUT2D eigenvalue weighted by molar-refractivity contribution is -0.139. The molecule has 0 aliphatic carbocycles. The molecule has 2 aliphatic rings. The van der Waals surface area contributed by atoms with Crippen molar-refractivity contribution in [1.82, 2.24) is 15.1 Å². The number of nitrogens with two attached hydrogens (primary N) is 1. The molecule has 16 heavy (non-hydrogen) atoms. The number of nitrogens with zero attached hydrogens (tertiary/aromatic N) is 2. The van der Waals surface area contributed by atoms with Crippen LogP contribution in [0.1, 0.15) is 12.8 Å². The Morgan fingerprint density at radius 2 is 1.75 bits per heavy atom. The molecular weight excluding hydrogens is 204 g/mol. The van der Waals surface area contributed by atoms with Crippen LogP contribution in [0.4, 0.5) is 0 Å². The van der Waals surface area contributed by atoms with Crippen LogP contribution in [-0.2, 0) is 4.79 Å². The Bertz CT molecular complexity index is 255. The van der Waals surface area contributed by atoms with Gasteiger partial charge in [0.25, 0.3) is 0 Å². The number of carbonyl (C=O) groups is 1. The number of carbonyl (C=O) groups excluding carboxylic acids is 1. The molecule has 92 valence electrons. The standard InChI is InChI=1S/C11H22N4O/c1-14-6-2-11(12,3-7-14)10(16)15-8-4-13-5-9-15/h13H,2-9,12H2,1H3. The molecule has 5 nitrogen and oxygen atoms in total. The first-order chi connectivity index (χ1) is 7.62. The second kappa shape index (κ2) is 4.69. The number of rotatable bonds is 1. The van der Waals surface area contributed by atoms with Crippen LogP contribution < -0.4 is 11.1 Å². The second-order valence-electron chi connectivity index (χ2n) is 5.00. The number of hydrogen-bond acceptors (Lipinski definition) is 4. The van der Waals surface area contributed by atoms with Gasteiger partial charge >= 0.3 is 0 Å². The molecule has 2 aliphatic heterocycles. The smallest absolute Gasteiger partial charge is 0.242 e. The normalized spacial score (nSPS) is 26.8. The highest BCUT2D eigenvalue weighted by atomic mass is 16.2. The molecule has 2 fully saturated rings. The van der Waals surface area contributed by atoms with Gasteiger partial charge < -0.3 is 20.9 Å². The van der Waals surface area contributed by atoms with Crippen LogP contribution in [0.3, 0.4) is 0 Å². The van der Waals surface area contributed by atoms with E-state index in [1.54, 1.807) is 0 Å². The average Bonchev–Trinajstić information content (AvgIpc) is 2.33. The van der Waals surface area contributed by atoms with E-state index in [-0.39, 0.29) is 5.91 Å². The molecule has 2 saturated heterocycles. The molecule has 0 aromatic heterocycles. The van der Waals surface area contributed by atoms with Crippen LogP contribution in [0.2, 0.25) is 0 Å². The van der Waals surface area contributed by atoms with Crippen molar-refractivity contribution < 1.29 is 4.79 Å². The van der Waals surface area contributed by atoms with Crippen molar-refractivity contribution in [2.75, 3.05) is 46.3 Å². The Morgan fingerprint density at radius 1 is 1.19 bits per heavy atom. The molecule has 0 saturated carbocycles. The molecule has 0 bridgehead atoms. The molecule has 5 heteroatoms. The number of likely N-dealkylation sites (tertiary alicyclic amines) is 1. The molecule has 2 heterocycles. The first-order valence-corrected chi connectivity index (χ1v) is 6.09. The molecule has 0 unspecified atom stereocenters.